The summed E-state index contributed by atoms with van der Waals surface area (Å²) in [6.07, 6.45) is 0. The van der Waals surface area contributed by atoms with Gasteiger partial charge >= 0.3 is 0 Å². The van der Waals surface area contributed by atoms with Crippen LogP contribution in [-0.4, -0.2) is 17.5 Å². The number of guanidine groups is 1. The molecule has 0 saturated heterocycles. The minimum atomic E-state index is 0.201. The van der Waals surface area contributed by atoms with Gasteiger partial charge in [-0.3, -0.25) is 0 Å². The summed E-state index contributed by atoms with van der Waals surface area (Å²) in [5.74, 6) is 0.826. The fraction of sp³-hybridized carbons (Fsp3) is 0.250. The van der Waals surface area contributed by atoms with Crippen molar-refractivity contribution < 1.29 is 0 Å². The van der Waals surface area contributed by atoms with Crippen molar-refractivity contribution in [2.24, 2.45) is 4.99 Å². The first-order valence-electron chi connectivity index (χ1n) is 8.42. The van der Waals surface area contributed by atoms with Gasteiger partial charge in [-0.25, -0.2) is 4.99 Å². The van der Waals surface area contributed by atoms with E-state index in [9.17, 15) is 0 Å². The molecule has 1 aromatic heterocycles. The van der Waals surface area contributed by atoms with E-state index in [1.165, 1.54) is 10.9 Å². The number of para-hydroxylation sites is 1. The van der Waals surface area contributed by atoms with E-state index >= 15 is 0 Å². The number of benzene rings is 2. The SMILES string of the molecule is CCNC(=NCc1cc2ccccc2[nH]1)NC(C)c1ccccc1. The normalized spacial score (nSPS) is 13.0. The van der Waals surface area contributed by atoms with E-state index in [4.69, 9.17) is 4.99 Å². The van der Waals surface area contributed by atoms with Crippen LogP contribution in [0.3, 0.4) is 0 Å². The molecule has 0 fully saturated rings. The highest BCUT2D eigenvalue weighted by molar-refractivity contribution is 5.81. The van der Waals surface area contributed by atoms with E-state index in [2.05, 4.69) is 78.0 Å². The van der Waals surface area contributed by atoms with E-state index < -0.39 is 0 Å². The zero-order valence-electron chi connectivity index (χ0n) is 14.2. The zero-order chi connectivity index (χ0) is 16.8. The van der Waals surface area contributed by atoms with E-state index in [0.29, 0.717) is 6.54 Å². The Hall–Kier alpha value is -2.75. The minimum Gasteiger partial charge on any atom is -0.357 e. The smallest absolute Gasteiger partial charge is 0.192 e. The Morgan fingerprint density at radius 3 is 2.58 bits per heavy atom. The van der Waals surface area contributed by atoms with Gasteiger partial charge in [-0.1, -0.05) is 48.5 Å². The van der Waals surface area contributed by atoms with Gasteiger partial charge in [0.05, 0.1) is 12.6 Å². The van der Waals surface area contributed by atoms with Crippen molar-refractivity contribution in [1.29, 1.82) is 0 Å². The molecule has 124 valence electrons. The molecule has 3 rings (SSSR count). The first-order chi connectivity index (χ1) is 11.8. The van der Waals surface area contributed by atoms with Gasteiger partial charge in [0, 0.05) is 17.8 Å². The van der Waals surface area contributed by atoms with Crippen molar-refractivity contribution in [3.05, 3.63) is 71.9 Å². The van der Waals surface area contributed by atoms with E-state index in [1.54, 1.807) is 0 Å². The molecule has 0 aliphatic carbocycles. The largest absolute Gasteiger partial charge is 0.357 e. The summed E-state index contributed by atoms with van der Waals surface area (Å²) in [5.41, 5.74) is 3.51. The van der Waals surface area contributed by atoms with Crippen molar-refractivity contribution in [1.82, 2.24) is 15.6 Å². The number of fused-ring (bicyclic) bond motifs is 1. The molecule has 0 saturated carbocycles. The van der Waals surface area contributed by atoms with Gasteiger partial charge in [0.2, 0.25) is 0 Å². The summed E-state index contributed by atoms with van der Waals surface area (Å²) in [5, 5.41) is 8.00. The van der Waals surface area contributed by atoms with Crippen molar-refractivity contribution >= 4 is 16.9 Å². The number of H-pyrrole nitrogens is 1. The molecule has 2 aromatic carbocycles. The lowest BCUT2D eigenvalue weighted by molar-refractivity contribution is 0.686. The second-order valence-corrected chi connectivity index (χ2v) is 5.85. The van der Waals surface area contributed by atoms with Gasteiger partial charge in [0.15, 0.2) is 5.96 Å². The molecule has 0 aliphatic heterocycles. The van der Waals surface area contributed by atoms with Gasteiger partial charge < -0.3 is 15.6 Å². The van der Waals surface area contributed by atoms with E-state index in [1.807, 2.05) is 12.1 Å². The second kappa shape index (κ2) is 7.68. The monoisotopic (exact) mass is 320 g/mol. The van der Waals surface area contributed by atoms with Crippen LogP contribution in [0, 0.1) is 0 Å². The Labute approximate surface area is 143 Å². The lowest BCUT2D eigenvalue weighted by atomic mass is 10.1. The summed E-state index contributed by atoms with van der Waals surface area (Å²) in [6, 6.07) is 21.0. The number of hydrogen-bond donors (Lipinski definition) is 3. The van der Waals surface area contributed by atoms with Crippen LogP contribution in [0.4, 0.5) is 0 Å². The van der Waals surface area contributed by atoms with Crippen molar-refractivity contribution in [3.8, 4) is 0 Å². The minimum absolute atomic E-state index is 0.201. The molecule has 3 N–H and O–H groups in total. The van der Waals surface area contributed by atoms with Gasteiger partial charge in [0.1, 0.15) is 0 Å². The fourth-order valence-corrected chi connectivity index (χ4v) is 2.73. The highest BCUT2D eigenvalue weighted by Gasteiger charge is 2.07. The molecule has 1 heterocycles. The molecule has 24 heavy (non-hydrogen) atoms. The van der Waals surface area contributed by atoms with Crippen LogP contribution in [0.2, 0.25) is 0 Å². The van der Waals surface area contributed by atoms with Crippen LogP contribution < -0.4 is 10.6 Å². The van der Waals surface area contributed by atoms with Crippen LogP contribution in [0.25, 0.3) is 10.9 Å². The standard InChI is InChI=1S/C20H24N4/c1-3-21-20(23-15(2)16-9-5-4-6-10-16)22-14-18-13-17-11-7-8-12-19(17)24-18/h4-13,15,24H,3,14H2,1-2H3,(H2,21,22,23). The van der Waals surface area contributed by atoms with Crippen LogP contribution in [0.15, 0.2) is 65.7 Å². The Morgan fingerprint density at radius 1 is 1.08 bits per heavy atom. The number of nitrogens with zero attached hydrogens (tertiary/aromatic N) is 1. The Bertz CT molecular complexity index is 772. The molecule has 0 radical (unpaired) electrons. The first kappa shape index (κ1) is 16.1. The first-order valence-corrected chi connectivity index (χ1v) is 8.42. The fourth-order valence-electron chi connectivity index (χ4n) is 2.73. The zero-order valence-corrected chi connectivity index (χ0v) is 14.2. The molecule has 1 unspecified atom stereocenters. The number of aromatic nitrogens is 1. The van der Waals surface area contributed by atoms with Crippen LogP contribution in [0.1, 0.15) is 31.1 Å². The van der Waals surface area contributed by atoms with Gasteiger partial charge in [-0.05, 0) is 36.9 Å². The average Bonchev–Trinajstić information content (AvgIpc) is 3.03. The van der Waals surface area contributed by atoms with Gasteiger partial charge in [0.25, 0.3) is 0 Å². The molecule has 4 heteroatoms. The summed E-state index contributed by atoms with van der Waals surface area (Å²) in [4.78, 5) is 8.12. The number of hydrogen-bond acceptors (Lipinski definition) is 1. The van der Waals surface area contributed by atoms with E-state index in [-0.39, 0.29) is 6.04 Å². The third-order valence-electron chi connectivity index (χ3n) is 3.99. The molecule has 4 nitrogen and oxygen atoms in total. The van der Waals surface area contributed by atoms with Crippen LogP contribution in [0.5, 0.6) is 0 Å². The molecule has 1 atom stereocenters. The summed E-state index contributed by atoms with van der Waals surface area (Å²) in [7, 11) is 0. The Kier molecular flexibility index (Phi) is 5.16. The maximum absolute atomic E-state index is 4.71. The van der Waals surface area contributed by atoms with Crippen LogP contribution in [-0.2, 0) is 6.54 Å². The van der Waals surface area contributed by atoms with Crippen molar-refractivity contribution in [3.63, 3.8) is 0 Å². The topological polar surface area (TPSA) is 52.2 Å². The lowest BCUT2D eigenvalue weighted by Gasteiger charge is -2.18. The van der Waals surface area contributed by atoms with E-state index in [0.717, 1.165) is 23.7 Å². The molecule has 0 aliphatic rings. The maximum atomic E-state index is 4.71. The maximum Gasteiger partial charge on any atom is 0.192 e. The molecule has 0 bridgehead atoms. The second-order valence-electron chi connectivity index (χ2n) is 5.85. The molecule has 0 spiro atoms. The quantitative estimate of drug-likeness (QED) is 0.492. The van der Waals surface area contributed by atoms with Crippen LogP contribution >= 0.6 is 0 Å². The summed E-state index contributed by atoms with van der Waals surface area (Å²) in [6.45, 7) is 5.67. The third-order valence-corrected chi connectivity index (χ3v) is 3.99. The number of aliphatic imine (C=N–C) groups is 1. The summed E-state index contributed by atoms with van der Waals surface area (Å²) >= 11 is 0. The number of aromatic amines is 1. The predicted octanol–water partition coefficient (Wildman–Crippen LogP) is 3.98. The summed E-state index contributed by atoms with van der Waals surface area (Å²) < 4.78 is 0. The lowest BCUT2D eigenvalue weighted by Crippen LogP contribution is -2.38. The highest BCUT2D eigenvalue weighted by atomic mass is 15.2. The highest BCUT2D eigenvalue weighted by Crippen LogP contribution is 2.15. The number of nitrogens with one attached hydrogen (secondary N) is 3. The average molecular weight is 320 g/mol. The predicted molar refractivity (Wildman–Crippen MR) is 101 cm³/mol. The van der Waals surface area contributed by atoms with Crippen molar-refractivity contribution in [2.45, 2.75) is 26.4 Å². The molecular weight excluding hydrogens is 296 g/mol. The Balaban J connectivity index is 1.71. The van der Waals surface area contributed by atoms with Gasteiger partial charge in [-0.15, -0.1) is 0 Å². The van der Waals surface area contributed by atoms with Crippen molar-refractivity contribution in [2.75, 3.05) is 6.54 Å². The molecule has 3 aromatic rings. The molecule has 0 amide bonds. The Morgan fingerprint density at radius 2 is 1.83 bits per heavy atom. The van der Waals surface area contributed by atoms with Gasteiger partial charge in [-0.2, -0.15) is 0 Å². The molecular formula is C20H24N4. The third kappa shape index (κ3) is 3.96. The number of rotatable bonds is 5.